The molecule has 9 heteroatoms. The lowest BCUT2D eigenvalue weighted by Gasteiger charge is -2.16. The highest BCUT2D eigenvalue weighted by molar-refractivity contribution is 6.37. The number of carboxylic acids is 1. The summed E-state index contributed by atoms with van der Waals surface area (Å²) >= 11 is 12.6. The molecule has 0 aliphatic carbocycles. The number of hydrogen-bond acceptors (Lipinski definition) is 5. The highest BCUT2D eigenvalue weighted by Crippen LogP contribution is 2.31. The number of carboxylic acid groups (broad SMARTS) is 1. The highest BCUT2D eigenvalue weighted by Gasteiger charge is 2.22. The summed E-state index contributed by atoms with van der Waals surface area (Å²) < 4.78 is 7.40. The van der Waals surface area contributed by atoms with Gasteiger partial charge in [-0.2, -0.15) is 0 Å². The van der Waals surface area contributed by atoms with E-state index < -0.39 is 5.97 Å². The number of fused-ring (bicyclic) bond motifs is 1. The van der Waals surface area contributed by atoms with Crippen LogP contribution in [0.3, 0.4) is 0 Å². The van der Waals surface area contributed by atoms with Gasteiger partial charge in [-0.15, -0.1) is 0 Å². The fraction of sp³-hybridized carbons (Fsp3) is 0.138. The first kappa shape index (κ1) is 27.0. The van der Waals surface area contributed by atoms with Crippen LogP contribution in [0.4, 0.5) is 0 Å². The average molecular weight is 551 g/mol. The van der Waals surface area contributed by atoms with Crippen LogP contribution in [0.25, 0.3) is 16.6 Å². The Bertz CT molecular complexity index is 1580. The molecule has 0 bridgehead atoms. The summed E-state index contributed by atoms with van der Waals surface area (Å²) in [5, 5.41) is 10.6. The number of nitrogens with zero attached hydrogens (tertiary/aromatic N) is 1. The molecule has 0 unspecified atom stereocenters. The molecular formula is C29H24Cl2N2O5. The van der Waals surface area contributed by atoms with Crippen molar-refractivity contribution in [2.45, 2.75) is 13.8 Å². The van der Waals surface area contributed by atoms with Crippen LogP contribution >= 0.6 is 23.2 Å². The first-order valence-electron chi connectivity index (χ1n) is 11.7. The predicted molar refractivity (Wildman–Crippen MR) is 148 cm³/mol. The highest BCUT2D eigenvalue weighted by atomic mass is 35.5. The van der Waals surface area contributed by atoms with Crippen molar-refractivity contribution in [2.24, 2.45) is 11.7 Å². The minimum atomic E-state index is -1.11. The molecule has 3 N–H and O–H groups in total. The van der Waals surface area contributed by atoms with Crippen LogP contribution in [0.15, 0.2) is 78.5 Å². The SMILES string of the molecule is CC(C)C(=O)/C(COc1ccc2c(ccn2C(=O)c2cccc(C(=O)O)c2)c1)=C(\N)c1c(Cl)cccc1Cl. The summed E-state index contributed by atoms with van der Waals surface area (Å²) in [5.74, 6) is -1.55. The molecule has 1 heterocycles. The van der Waals surface area contributed by atoms with Crippen LogP contribution < -0.4 is 10.5 Å². The van der Waals surface area contributed by atoms with Gasteiger partial charge in [-0.25, -0.2) is 4.79 Å². The number of ketones is 1. The minimum Gasteiger partial charge on any atom is -0.489 e. The zero-order chi connectivity index (χ0) is 27.6. The molecule has 3 aromatic carbocycles. The summed E-state index contributed by atoms with van der Waals surface area (Å²) in [6, 6.07) is 17.7. The molecule has 194 valence electrons. The summed E-state index contributed by atoms with van der Waals surface area (Å²) in [5.41, 5.74) is 8.06. The fourth-order valence-corrected chi connectivity index (χ4v) is 4.60. The van der Waals surface area contributed by atoms with E-state index in [0.29, 0.717) is 32.3 Å². The molecule has 7 nitrogen and oxygen atoms in total. The molecule has 0 fully saturated rings. The third-order valence-corrected chi connectivity index (χ3v) is 6.63. The Morgan fingerprint density at radius 2 is 1.61 bits per heavy atom. The molecule has 0 saturated heterocycles. The standard InChI is InChI=1S/C29H24Cl2N2O5/c1-16(2)27(34)21(26(32)25-22(30)7-4-8-23(25)31)15-38-20-9-10-24-17(14-20)11-12-33(24)28(35)18-5-3-6-19(13-18)29(36)37/h3-14,16H,15,32H2,1-2H3,(H,36,37)/b26-21-. The number of nitrogens with two attached hydrogens (primary N) is 1. The second-order valence-electron chi connectivity index (χ2n) is 8.89. The van der Waals surface area contributed by atoms with Crippen LogP contribution in [0, 0.1) is 5.92 Å². The maximum Gasteiger partial charge on any atom is 0.335 e. The van der Waals surface area contributed by atoms with Crippen molar-refractivity contribution in [3.63, 3.8) is 0 Å². The van der Waals surface area contributed by atoms with Gasteiger partial charge in [0, 0.05) is 28.6 Å². The van der Waals surface area contributed by atoms with Gasteiger partial charge in [0.1, 0.15) is 12.4 Å². The number of Topliss-reactive ketones (excluding diaryl/α,β-unsaturated/α-hetero) is 1. The van der Waals surface area contributed by atoms with Crippen molar-refractivity contribution in [2.75, 3.05) is 6.61 Å². The number of aromatic nitrogens is 1. The van der Waals surface area contributed by atoms with Gasteiger partial charge in [0.2, 0.25) is 0 Å². The van der Waals surface area contributed by atoms with Gasteiger partial charge in [0.05, 0.1) is 32.4 Å². The third kappa shape index (κ3) is 5.44. The predicted octanol–water partition coefficient (Wildman–Crippen LogP) is 6.31. The first-order chi connectivity index (χ1) is 18.1. The van der Waals surface area contributed by atoms with Gasteiger partial charge in [-0.3, -0.25) is 14.2 Å². The third-order valence-electron chi connectivity index (χ3n) is 6.00. The summed E-state index contributed by atoms with van der Waals surface area (Å²) in [7, 11) is 0. The van der Waals surface area contributed by atoms with Crippen LogP contribution in [-0.2, 0) is 4.79 Å². The molecule has 0 spiro atoms. The van der Waals surface area contributed by atoms with E-state index in [0.717, 1.165) is 0 Å². The fourth-order valence-electron chi connectivity index (χ4n) is 4.00. The molecule has 0 amide bonds. The Kier molecular flexibility index (Phi) is 7.90. The maximum atomic E-state index is 13.1. The number of carbonyl (C=O) groups is 3. The van der Waals surface area contributed by atoms with Crippen LogP contribution in [-0.4, -0.2) is 33.9 Å². The zero-order valence-electron chi connectivity index (χ0n) is 20.6. The lowest BCUT2D eigenvalue weighted by Crippen LogP contribution is -2.21. The van der Waals surface area contributed by atoms with Crippen LogP contribution in [0.1, 0.15) is 40.1 Å². The van der Waals surface area contributed by atoms with E-state index in [4.69, 9.17) is 33.7 Å². The van der Waals surface area contributed by atoms with Crippen molar-refractivity contribution in [1.82, 2.24) is 4.57 Å². The van der Waals surface area contributed by atoms with E-state index in [9.17, 15) is 19.5 Å². The molecule has 0 aliphatic heterocycles. The number of ether oxygens (including phenoxy) is 1. The second-order valence-corrected chi connectivity index (χ2v) is 9.71. The van der Waals surface area contributed by atoms with E-state index in [1.807, 2.05) is 0 Å². The van der Waals surface area contributed by atoms with E-state index in [1.165, 1.54) is 22.8 Å². The molecule has 4 rings (SSSR count). The van der Waals surface area contributed by atoms with E-state index in [1.54, 1.807) is 68.6 Å². The summed E-state index contributed by atoms with van der Waals surface area (Å²) in [6.07, 6.45) is 1.61. The Labute approximate surface area is 229 Å². The van der Waals surface area contributed by atoms with Crippen molar-refractivity contribution in [1.29, 1.82) is 0 Å². The van der Waals surface area contributed by atoms with Gasteiger partial charge >= 0.3 is 5.97 Å². The molecule has 4 aromatic rings. The molecule has 38 heavy (non-hydrogen) atoms. The Morgan fingerprint density at radius 3 is 2.26 bits per heavy atom. The molecule has 0 saturated carbocycles. The summed E-state index contributed by atoms with van der Waals surface area (Å²) in [6.45, 7) is 3.42. The topological polar surface area (TPSA) is 112 Å². The molecule has 0 radical (unpaired) electrons. The van der Waals surface area contributed by atoms with Crippen molar-refractivity contribution in [3.8, 4) is 5.75 Å². The maximum absolute atomic E-state index is 13.1. The quantitative estimate of drug-likeness (QED) is 0.248. The first-order valence-corrected chi connectivity index (χ1v) is 12.4. The molecule has 1 aromatic heterocycles. The lowest BCUT2D eigenvalue weighted by atomic mass is 9.97. The number of aromatic carboxylic acids is 1. The smallest absolute Gasteiger partial charge is 0.335 e. The molecule has 0 aliphatic rings. The van der Waals surface area contributed by atoms with E-state index >= 15 is 0 Å². The van der Waals surface area contributed by atoms with Crippen molar-refractivity contribution >= 4 is 57.5 Å². The molecule has 0 atom stereocenters. The second kappa shape index (κ2) is 11.1. The number of benzene rings is 3. The molecular weight excluding hydrogens is 527 g/mol. The van der Waals surface area contributed by atoms with E-state index in [-0.39, 0.29) is 46.6 Å². The Morgan fingerprint density at radius 1 is 0.947 bits per heavy atom. The Balaban J connectivity index is 1.63. The number of hydrogen-bond donors (Lipinski definition) is 2. The van der Waals surface area contributed by atoms with Crippen LogP contribution in [0.2, 0.25) is 10.0 Å². The summed E-state index contributed by atoms with van der Waals surface area (Å²) in [4.78, 5) is 37.4. The lowest BCUT2D eigenvalue weighted by molar-refractivity contribution is -0.118. The van der Waals surface area contributed by atoms with Gasteiger partial charge in [0.15, 0.2) is 5.78 Å². The number of halogens is 2. The Hall–Kier alpha value is -4.07. The van der Waals surface area contributed by atoms with Crippen molar-refractivity contribution < 1.29 is 24.2 Å². The van der Waals surface area contributed by atoms with Gasteiger partial charge in [0.25, 0.3) is 5.91 Å². The number of rotatable bonds is 8. The van der Waals surface area contributed by atoms with Gasteiger partial charge in [-0.1, -0.05) is 49.2 Å². The van der Waals surface area contributed by atoms with Crippen molar-refractivity contribution in [3.05, 3.63) is 105 Å². The van der Waals surface area contributed by atoms with E-state index in [2.05, 4.69) is 0 Å². The number of carbonyl (C=O) groups excluding carboxylic acids is 2. The zero-order valence-corrected chi connectivity index (χ0v) is 22.1. The van der Waals surface area contributed by atoms with Gasteiger partial charge < -0.3 is 15.6 Å². The largest absolute Gasteiger partial charge is 0.489 e. The minimum absolute atomic E-state index is 0.0279. The normalized spacial score (nSPS) is 11.9. The monoisotopic (exact) mass is 550 g/mol. The van der Waals surface area contributed by atoms with Crippen LogP contribution in [0.5, 0.6) is 5.75 Å². The average Bonchev–Trinajstić information content (AvgIpc) is 3.31. The van der Waals surface area contributed by atoms with Gasteiger partial charge in [-0.05, 0) is 54.6 Å².